The standard InChI is InChI=1S/C7H9F3N2O3/c8-7(9,10)5(14)12-6(1-4(11)13)2-15-3-6/h1-3H2,(H2,11,13)(H,12,14). The summed E-state index contributed by atoms with van der Waals surface area (Å²) in [6, 6.07) is 0. The molecule has 0 aliphatic carbocycles. The number of amides is 2. The molecule has 86 valence electrons. The van der Waals surface area contributed by atoms with Gasteiger partial charge in [-0.1, -0.05) is 0 Å². The Morgan fingerprint density at radius 1 is 1.40 bits per heavy atom. The van der Waals surface area contributed by atoms with Crippen LogP contribution in [0.5, 0.6) is 0 Å². The summed E-state index contributed by atoms with van der Waals surface area (Å²) in [5, 5.41) is 1.71. The smallest absolute Gasteiger partial charge is 0.376 e. The van der Waals surface area contributed by atoms with Gasteiger partial charge in [-0.05, 0) is 0 Å². The number of primary amides is 1. The second-order valence-corrected chi connectivity index (χ2v) is 3.37. The number of nitrogens with two attached hydrogens (primary N) is 1. The van der Waals surface area contributed by atoms with Crippen LogP contribution in [0.25, 0.3) is 0 Å². The van der Waals surface area contributed by atoms with Crippen molar-refractivity contribution in [2.45, 2.75) is 18.1 Å². The van der Waals surface area contributed by atoms with Crippen molar-refractivity contribution in [2.24, 2.45) is 5.73 Å². The first-order valence-corrected chi connectivity index (χ1v) is 4.01. The molecule has 1 saturated heterocycles. The fourth-order valence-corrected chi connectivity index (χ4v) is 1.21. The van der Waals surface area contributed by atoms with E-state index in [-0.39, 0.29) is 19.6 Å². The summed E-state index contributed by atoms with van der Waals surface area (Å²) >= 11 is 0. The summed E-state index contributed by atoms with van der Waals surface area (Å²) in [7, 11) is 0. The molecule has 15 heavy (non-hydrogen) atoms. The van der Waals surface area contributed by atoms with E-state index in [1.807, 2.05) is 0 Å². The minimum atomic E-state index is -4.97. The van der Waals surface area contributed by atoms with Crippen LogP contribution in [0.2, 0.25) is 0 Å². The van der Waals surface area contributed by atoms with E-state index < -0.39 is 23.5 Å². The van der Waals surface area contributed by atoms with Gasteiger partial charge in [-0.3, -0.25) is 9.59 Å². The summed E-state index contributed by atoms with van der Waals surface area (Å²) in [4.78, 5) is 21.2. The lowest BCUT2D eigenvalue weighted by molar-refractivity contribution is -0.182. The van der Waals surface area contributed by atoms with E-state index in [4.69, 9.17) is 5.73 Å². The Balaban J connectivity index is 2.61. The maximum Gasteiger partial charge on any atom is 0.471 e. The average Bonchev–Trinajstić information content (AvgIpc) is 1.97. The molecule has 8 heteroatoms. The molecule has 0 spiro atoms. The zero-order chi connectivity index (χ0) is 11.7. The minimum Gasteiger partial charge on any atom is -0.376 e. The molecule has 3 N–H and O–H groups in total. The molecular weight excluding hydrogens is 217 g/mol. The Kier molecular flexibility index (Phi) is 2.89. The van der Waals surface area contributed by atoms with Gasteiger partial charge >= 0.3 is 12.1 Å². The van der Waals surface area contributed by atoms with Gasteiger partial charge < -0.3 is 15.8 Å². The lowest BCUT2D eigenvalue weighted by atomic mass is 9.92. The molecule has 1 rings (SSSR count). The van der Waals surface area contributed by atoms with Gasteiger partial charge in [0, 0.05) is 0 Å². The number of carbonyl (C=O) groups excluding carboxylic acids is 2. The largest absolute Gasteiger partial charge is 0.471 e. The number of carbonyl (C=O) groups is 2. The van der Waals surface area contributed by atoms with Gasteiger partial charge in [0.15, 0.2) is 0 Å². The third-order valence-electron chi connectivity index (χ3n) is 1.91. The molecule has 0 aromatic rings. The summed E-state index contributed by atoms with van der Waals surface area (Å²) in [5.41, 5.74) is 3.55. The van der Waals surface area contributed by atoms with Crippen LogP contribution in [0.3, 0.4) is 0 Å². The maximum atomic E-state index is 11.9. The zero-order valence-corrected chi connectivity index (χ0v) is 7.56. The quantitative estimate of drug-likeness (QED) is 0.668. The molecule has 1 aliphatic heterocycles. The molecule has 5 nitrogen and oxygen atoms in total. The van der Waals surface area contributed by atoms with Gasteiger partial charge in [0.1, 0.15) is 0 Å². The van der Waals surface area contributed by atoms with Crippen molar-refractivity contribution < 1.29 is 27.5 Å². The van der Waals surface area contributed by atoms with Gasteiger partial charge in [-0.25, -0.2) is 0 Å². The highest BCUT2D eigenvalue weighted by atomic mass is 19.4. The van der Waals surface area contributed by atoms with E-state index in [2.05, 4.69) is 4.74 Å². The Hall–Kier alpha value is -1.31. The van der Waals surface area contributed by atoms with E-state index in [1.54, 1.807) is 5.32 Å². The summed E-state index contributed by atoms with van der Waals surface area (Å²) in [6.07, 6.45) is -5.34. The molecule has 0 saturated carbocycles. The molecule has 0 aromatic heterocycles. The lowest BCUT2D eigenvalue weighted by Gasteiger charge is -2.41. The fourth-order valence-electron chi connectivity index (χ4n) is 1.21. The van der Waals surface area contributed by atoms with Crippen molar-refractivity contribution in [3.63, 3.8) is 0 Å². The van der Waals surface area contributed by atoms with Crippen molar-refractivity contribution in [3.8, 4) is 0 Å². The van der Waals surface area contributed by atoms with E-state index in [9.17, 15) is 22.8 Å². The molecule has 2 amide bonds. The summed E-state index contributed by atoms with van der Waals surface area (Å²) in [5.74, 6) is -2.88. The maximum absolute atomic E-state index is 11.9. The second-order valence-electron chi connectivity index (χ2n) is 3.37. The molecule has 1 fully saturated rings. The molecule has 0 unspecified atom stereocenters. The van der Waals surface area contributed by atoms with Crippen LogP contribution in [0.4, 0.5) is 13.2 Å². The van der Waals surface area contributed by atoms with Gasteiger partial charge in [-0.2, -0.15) is 13.2 Å². The van der Waals surface area contributed by atoms with E-state index in [0.29, 0.717) is 0 Å². The molecule has 0 atom stereocenters. The van der Waals surface area contributed by atoms with Crippen molar-refractivity contribution in [3.05, 3.63) is 0 Å². The highest BCUT2D eigenvalue weighted by Crippen LogP contribution is 2.24. The van der Waals surface area contributed by atoms with E-state index >= 15 is 0 Å². The zero-order valence-electron chi connectivity index (χ0n) is 7.56. The number of rotatable bonds is 3. The van der Waals surface area contributed by atoms with Crippen LogP contribution in [0.15, 0.2) is 0 Å². The first kappa shape index (κ1) is 11.8. The van der Waals surface area contributed by atoms with Crippen molar-refractivity contribution >= 4 is 11.8 Å². The van der Waals surface area contributed by atoms with Crippen molar-refractivity contribution in [1.82, 2.24) is 5.32 Å². The average molecular weight is 226 g/mol. The highest BCUT2D eigenvalue weighted by Gasteiger charge is 2.48. The third-order valence-corrected chi connectivity index (χ3v) is 1.91. The Morgan fingerprint density at radius 3 is 2.20 bits per heavy atom. The number of ether oxygens (including phenoxy) is 1. The summed E-state index contributed by atoms with van der Waals surface area (Å²) in [6.45, 7) is -0.282. The molecule has 0 radical (unpaired) electrons. The third kappa shape index (κ3) is 2.82. The molecular formula is C7H9F3N2O3. The van der Waals surface area contributed by atoms with Crippen LogP contribution < -0.4 is 11.1 Å². The van der Waals surface area contributed by atoms with E-state index in [0.717, 1.165) is 0 Å². The first-order valence-electron chi connectivity index (χ1n) is 4.01. The number of hydrogen-bond acceptors (Lipinski definition) is 3. The number of hydrogen-bond donors (Lipinski definition) is 2. The monoisotopic (exact) mass is 226 g/mol. The normalized spacial score (nSPS) is 19.1. The molecule has 0 aromatic carbocycles. The van der Waals surface area contributed by atoms with Gasteiger partial charge in [0.05, 0.1) is 25.2 Å². The number of nitrogens with one attached hydrogen (secondary N) is 1. The predicted octanol–water partition coefficient (Wildman–Crippen LogP) is -0.691. The topological polar surface area (TPSA) is 81.4 Å². The van der Waals surface area contributed by atoms with Gasteiger partial charge in [-0.15, -0.1) is 0 Å². The first-order chi connectivity index (χ1) is 6.75. The van der Waals surface area contributed by atoms with E-state index in [1.165, 1.54) is 0 Å². The van der Waals surface area contributed by atoms with Crippen molar-refractivity contribution in [1.29, 1.82) is 0 Å². The number of alkyl halides is 3. The van der Waals surface area contributed by atoms with Crippen LogP contribution in [0, 0.1) is 0 Å². The Bertz CT molecular complexity index is 286. The predicted molar refractivity (Wildman–Crippen MR) is 41.6 cm³/mol. The Labute approximate surface area is 82.7 Å². The minimum absolute atomic E-state index is 0.141. The van der Waals surface area contributed by atoms with Gasteiger partial charge in [0.25, 0.3) is 0 Å². The van der Waals surface area contributed by atoms with Crippen LogP contribution >= 0.6 is 0 Å². The molecule has 0 bridgehead atoms. The van der Waals surface area contributed by atoms with Crippen LogP contribution in [-0.4, -0.2) is 36.7 Å². The lowest BCUT2D eigenvalue weighted by Crippen LogP contribution is -2.65. The fraction of sp³-hybridized carbons (Fsp3) is 0.714. The number of halogens is 3. The van der Waals surface area contributed by atoms with Crippen LogP contribution in [0.1, 0.15) is 6.42 Å². The van der Waals surface area contributed by atoms with Crippen LogP contribution in [-0.2, 0) is 14.3 Å². The highest BCUT2D eigenvalue weighted by molar-refractivity contribution is 5.84. The van der Waals surface area contributed by atoms with Gasteiger partial charge in [0.2, 0.25) is 5.91 Å². The SMILES string of the molecule is NC(=O)CC1(NC(=O)C(F)(F)F)COC1. The molecule has 1 aliphatic rings. The Morgan fingerprint density at radius 2 is 1.93 bits per heavy atom. The summed E-state index contributed by atoms with van der Waals surface area (Å²) < 4.78 is 40.4. The molecule has 1 heterocycles. The van der Waals surface area contributed by atoms with Crippen molar-refractivity contribution in [2.75, 3.05) is 13.2 Å². The second kappa shape index (κ2) is 3.69.